The Labute approximate surface area is 184 Å². The van der Waals surface area contributed by atoms with E-state index in [2.05, 4.69) is 34.1 Å². The lowest BCUT2D eigenvalue weighted by atomic mass is 10.0. The fraction of sp³-hybridized carbons (Fsp3) is 0.304. The summed E-state index contributed by atoms with van der Waals surface area (Å²) >= 11 is 0. The molecule has 0 bridgehead atoms. The summed E-state index contributed by atoms with van der Waals surface area (Å²) in [5.74, 6) is 0.695. The molecule has 1 aromatic carbocycles. The summed E-state index contributed by atoms with van der Waals surface area (Å²) in [5, 5.41) is 12.8. The Balaban J connectivity index is 1.57. The molecule has 0 saturated heterocycles. The number of aromatic nitrogens is 5. The van der Waals surface area contributed by atoms with E-state index in [1.807, 2.05) is 16.7 Å². The number of anilines is 1. The number of phenols is 1. The van der Waals surface area contributed by atoms with Crippen LogP contribution in [0.1, 0.15) is 25.8 Å². The van der Waals surface area contributed by atoms with Gasteiger partial charge in [0.2, 0.25) is 0 Å². The van der Waals surface area contributed by atoms with Crippen molar-refractivity contribution in [1.29, 1.82) is 0 Å². The summed E-state index contributed by atoms with van der Waals surface area (Å²) in [6.07, 6.45) is 4.23. The molecule has 9 heteroatoms. The molecule has 3 aromatic heterocycles. The van der Waals surface area contributed by atoms with Crippen LogP contribution in [0.4, 0.5) is 10.2 Å². The lowest BCUT2D eigenvalue weighted by Gasteiger charge is -2.32. The molecular formula is C23H23FN6O2. The smallest absolute Gasteiger partial charge is 0.299 e. The van der Waals surface area contributed by atoms with Gasteiger partial charge >= 0.3 is 0 Å². The van der Waals surface area contributed by atoms with Crippen LogP contribution in [0.2, 0.25) is 0 Å². The zero-order chi connectivity index (χ0) is 22.3. The molecule has 4 heterocycles. The van der Waals surface area contributed by atoms with E-state index in [0.717, 1.165) is 24.6 Å². The quantitative estimate of drug-likeness (QED) is 0.491. The maximum Gasteiger partial charge on any atom is 0.299 e. The van der Waals surface area contributed by atoms with E-state index in [9.17, 15) is 9.50 Å². The number of phenolic OH excluding ortho intramolecular Hbond substituents is 1. The molecule has 5 rings (SSSR count). The molecule has 0 atom stereocenters. The van der Waals surface area contributed by atoms with E-state index in [-0.39, 0.29) is 11.3 Å². The molecule has 4 aromatic rings. The zero-order valence-corrected chi connectivity index (χ0v) is 17.8. The Morgan fingerprint density at radius 1 is 1.16 bits per heavy atom. The van der Waals surface area contributed by atoms with E-state index < -0.39 is 5.82 Å². The highest BCUT2D eigenvalue weighted by Gasteiger charge is 2.33. The number of fused-ring (bicyclic) bond motifs is 3. The monoisotopic (exact) mass is 434 g/mol. The van der Waals surface area contributed by atoms with Crippen LogP contribution < -0.4 is 10.1 Å². The Morgan fingerprint density at radius 3 is 2.75 bits per heavy atom. The van der Waals surface area contributed by atoms with E-state index in [1.54, 1.807) is 18.3 Å². The minimum atomic E-state index is -0.452. The molecule has 0 amide bonds. The van der Waals surface area contributed by atoms with Crippen molar-refractivity contribution in [2.45, 2.75) is 32.2 Å². The van der Waals surface area contributed by atoms with Crippen LogP contribution in [0.15, 0.2) is 42.7 Å². The maximum atomic E-state index is 13.8. The van der Waals surface area contributed by atoms with Crippen molar-refractivity contribution in [3.8, 4) is 23.1 Å². The highest BCUT2D eigenvalue weighted by molar-refractivity contribution is 5.86. The molecule has 32 heavy (non-hydrogen) atoms. The third-order valence-electron chi connectivity index (χ3n) is 5.63. The second-order valence-electron chi connectivity index (χ2n) is 8.44. The van der Waals surface area contributed by atoms with Gasteiger partial charge in [0, 0.05) is 30.3 Å². The molecule has 0 saturated carbocycles. The first-order valence-corrected chi connectivity index (χ1v) is 10.5. The van der Waals surface area contributed by atoms with Gasteiger partial charge in [-0.25, -0.2) is 14.4 Å². The summed E-state index contributed by atoms with van der Waals surface area (Å²) in [4.78, 5) is 18.0. The van der Waals surface area contributed by atoms with Crippen LogP contribution in [-0.2, 0) is 12.0 Å². The Bertz CT molecular complexity index is 1290. The molecule has 0 radical (unpaired) electrons. The van der Waals surface area contributed by atoms with E-state index in [4.69, 9.17) is 9.72 Å². The van der Waals surface area contributed by atoms with Crippen molar-refractivity contribution in [2.75, 3.05) is 18.5 Å². The number of aromatic hydroxyl groups is 1. The summed E-state index contributed by atoms with van der Waals surface area (Å²) in [7, 11) is 0. The molecule has 0 unspecified atom stereocenters. The van der Waals surface area contributed by atoms with Crippen LogP contribution >= 0.6 is 0 Å². The number of benzene rings is 1. The standard InChI is InChI=1S/C23H23FN6O2/c1-23(2)8-10-32-22-27-18-20(26-9-7-14-3-5-17(31)6-4-14)28-19(29-21(18)30(22)23)15-11-16(24)13-25-12-15/h3-6,11-13,31H,7-10H2,1-2H3,(H,26,28,29). The first-order valence-electron chi connectivity index (χ1n) is 10.5. The van der Waals surface area contributed by atoms with Crippen molar-refractivity contribution in [3.05, 3.63) is 54.1 Å². The summed E-state index contributed by atoms with van der Waals surface area (Å²) < 4.78 is 21.6. The van der Waals surface area contributed by atoms with Crippen LogP contribution in [0, 0.1) is 5.82 Å². The first-order chi connectivity index (χ1) is 15.4. The predicted molar refractivity (Wildman–Crippen MR) is 118 cm³/mol. The van der Waals surface area contributed by atoms with Crippen molar-refractivity contribution in [2.24, 2.45) is 0 Å². The molecule has 0 fully saturated rings. The number of imidazole rings is 1. The fourth-order valence-corrected chi connectivity index (χ4v) is 3.86. The van der Waals surface area contributed by atoms with Crippen molar-refractivity contribution >= 4 is 17.0 Å². The predicted octanol–water partition coefficient (Wildman–Crippen LogP) is 3.91. The van der Waals surface area contributed by atoms with Gasteiger partial charge in [-0.2, -0.15) is 4.98 Å². The largest absolute Gasteiger partial charge is 0.508 e. The third-order valence-corrected chi connectivity index (χ3v) is 5.63. The lowest BCUT2D eigenvalue weighted by Crippen LogP contribution is -2.33. The van der Waals surface area contributed by atoms with Gasteiger partial charge < -0.3 is 15.2 Å². The van der Waals surface area contributed by atoms with Gasteiger partial charge in [0.1, 0.15) is 11.6 Å². The Morgan fingerprint density at radius 2 is 1.97 bits per heavy atom. The minimum absolute atomic E-state index is 0.235. The number of pyridine rings is 1. The van der Waals surface area contributed by atoms with Gasteiger partial charge in [-0.1, -0.05) is 12.1 Å². The minimum Gasteiger partial charge on any atom is -0.508 e. The molecule has 1 aliphatic heterocycles. The second kappa shape index (κ2) is 7.74. The maximum absolute atomic E-state index is 13.8. The Hall–Kier alpha value is -3.75. The van der Waals surface area contributed by atoms with Crippen LogP contribution in [0.25, 0.3) is 22.6 Å². The first kappa shape index (κ1) is 20.2. The van der Waals surface area contributed by atoms with Gasteiger partial charge in [-0.3, -0.25) is 9.55 Å². The SMILES string of the molecule is CC1(C)CCOc2nc3c(NCCc4ccc(O)cc4)nc(-c4cncc(F)c4)nc3n21. The number of nitrogens with zero attached hydrogens (tertiary/aromatic N) is 5. The van der Waals surface area contributed by atoms with Gasteiger partial charge in [-0.05, 0) is 44.0 Å². The molecule has 1 aliphatic rings. The average Bonchev–Trinajstić information content (AvgIpc) is 3.15. The lowest BCUT2D eigenvalue weighted by molar-refractivity contribution is 0.151. The number of ether oxygens (including phenoxy) is 1. The topological polar surface area (TPSA) is 98.0 Å². The highest BCUT2D eigenvalue weighted by atomic mass is 19.1. The summed E-state index contributed by atoms with van der Waals surface area (Å²) in [6, 6.07) is 8.95. The van der Waals surface area contributed by atoms with Gasteiger partial charge in [-0.15, -0.1) is 0 Å². The number of hydrogen-bond acceptors (Lipinski definition) is 7. The highest BCUT2D eigenvalue weighted by Crippen LogP contribution is 2.37. The van der Waals surface area contributed by atoms with Crippen LogP contribution in [0.5, 0.6) is 11.8 Å². The van der Waals surface area contributed by atoms with E-state index >= 15 is 0 Å². The number of rotatable bonds is 5. The average molecular weight is 434 g/mol. The summed E-state index contributed by atoms with van der Waals surface area (Å²) in [5.41, 5.74) is 2.56. The van der Waals surface area contributed by atoms with Gasteiger partial charge in [0.05, 0.1) is 12.8 Å². The van der Waals surface area contributed by atoms with Crippen LogP contribution in [-0.4, -0.2) is 42.8 Å². The summed E-state index contributed by atoms with van der Waals surface area (Å²) in [6.45, 7) is 5.39. The zero-order valence-electron chi connectivity index (χ0n) is 17.8. The van der Waals surface area contributed by atoms with E-state index in [1.165, 1.54) is 6.07 Å². The van der Waals surface area contributed by atoms with Crippen molar-refractivity contribution in [3.63, 3.8) is 0 Å². The Kier molecular flexibility index (Phi) is 4.88. The molecule has 2 N–H and O–H groups in total. The normalized spacial score (nSPS) is 14.7. The molecule has 0 aliphatic carbocycles. The van der Waals surface area contributed by atoms with Crippen LogP contribution in [0.3, 0.4) is 0 Å². The molecule has 164 valence electrons. The molecular weight excluding hydrogens is 411 g/mol. The van der Waals surface area contributed by atoms with Gasteiger partial charge in [0.25, 0.3) is 6.01 Å². The van der Waals surface area contributed by atoms with Crippen molar-refractivity contribution < 1.29 is 14.2 Å². The molecule has 8 nitrogen and oxygen atoms in total. The fourth-order valence-electron chi connectivity index (χ4n) is 3.86. The number of halogens is 1. The third kappa shape index (κ3) is 3.70. The molecule has 0 spiro atoms. The van der Waals surface area contributed by atoms with Gasteiger partial charge in [0.15, 0.2) is 22.8 Å². The van der Waals surface area contributed by atoms with Crippen molar-refractivity contribution in [1.82, 2.24) is 24.5 Å². The second-order valence-corrected chi connectivity index (χ2v) is 8.44. The number of hydrogen-bond donors (Lipinski definition) is 2. The number of nitrogens with one attached hydrogen (secondary N) is 1. The van der Waals surface area contributed by atoms with E-state index in [0.29, 0.717) is 47.5 Å².